The molecule has 0 bridgehead atoms. The van der Waals surface area contributed by atoms with Crippen LogP contribution < -0.4 is 20.4 Å². The molecule has 0 unspecified atom stereocenters. The predicted octanol–water partition coefficient (Wildman–Crippen LogP) is -0.488. The minimum Gasteiger partial charge on any atom is -0.545 e. The average molecular weight is 440 g/mol. The minimum atomic E-state index is -1.52. The van der Waals surface area contributed by atoms with Gasteiger partial charge in [-0.15, -0.1) is 0 Å². The molecular weight excluding hydrogens is 416 g/mol. The van der Waals surface area contributed by atoms with Crippen molar-refractivity contribution in [2.75, 3.05) is 0 Å². The lowest BCUT2D eigenvalue weighted by atomic mass is 9.90. The van der Waals surface area contributed by atoms with Gasteiger partial charge in [-0.1, -0.05) is 63.1 Å². The molecule has 0 spiro atoms. The minimum absolute atomic E-state index is 0.202. The molecule has 8 heteroatoms. The molecule has 0 saturated heterocycles. The predicted molar refractivity (Wildman–Crippen MR) is 107 cm³/mol. The second-order valence-electron chi connectivity index (χ2n) is 7.03. The van der Waals surface area contributed by atoms with Gasteiger partial charge in [0.1, 0.15) is 0 Å². The van der Waals surface area contributed by atoms with Crippen LogP contribution in [0.3, 0.4) is 0 Å². The maximum absolute atomic E-state index is 11.3. The monoisotopic (exact) mass is 440 g/mol. The molecule has 2 aromatic rings. The number of carboxylic acid groups (broad SMARTS) is 4. The van der Waals surface area contributed by atoms with Crippen LogP contribution in [0.4, 0.5) is 0 Å². The van der Waals surface area contributed by atoms with Gasteiger partial charge in [-0.25, -0.2) is 0 Å². The Balaban J connectivity index is 0.000000363. The van der Waals surface area contributed by atoms with E-state index in [4.69, 9.17) is 0 Å². The number of benzene rings is 2. The molecule has 172 valence electrons. The summed E-state index contributed by atoms with van der Waals surface area (Å²) >= 11 is 0. The average Bonchev–Trinajstić information content (AvgIpc) is 2.75. The van der Waals surface area contributed by atoms with Crippen LogP contribution in [-0.4, -0.2) is 23.9 Å². The molecule has 2 aromatic carbocycles. The lowest BCUT2D eigenvalue weighted by Crippen LogP contribution is -2.31. The van der Waals surface area contributed by atoms with E-state index in [9.17, 15) is 39.6 Å². The third kappa shape index (κ3) is 7.23. The first-order chi connectivity index (χ1) is 15.1. The van der Waals surface area contributed by atoms with Gasteiger partial charge in [-0.2, -0.15) is 0 Å². The third-order valence-corrected chi connectivity index (χ3v) is 4.78. The Morgan fingerprint density at radius 3 is 1.50 bits per heavy atom. The van der Waals surface area contributed by atoms with E-state index in [0.717, 1.165) is 49.8 Å². The molecule has 0 aliphatic heterocycles. The van der Waals surface area contributed by atoms with Gasteiger partial charge in [0.2, 0.25) is 0 Å². The summed E-state index contributed by atoms with van der Waals surface area (Å²) in [5.41, 5.74) is 0.296. The quantitative estimate of drug-likeness (QED) is 0.478. The van der Waals surface area contributed by atoms with Crippen molar-refractivity contribution in [2.24, 2.45) is 0 Å². The van der Waals surface area contributed by atoms with E-state index in [1.807, 2.05) is 6.92 Å². The molecule has 0 aliphatic rings. The van der Waals surface area contributed by atoms with Crippen molar-refractivity contribution in [3.05, 3.63) is 69.8 Å². The molecular formula is C24H24O8-4. The van der Waals surface area contributed by atoms with Crippen LogP contribution in [-0.2, 0) is 12.8 Å². The van der Waals surface area contributed by atoms with Gasteiger partial charge in [0.25, 0.3) is 0 Å². The summed E-state index contributed by atoms with van der Waals surface area (Å²) in [4.78, 5) is 43.1. The van der Waals surface area contributed by atoms with E-state index in [2.05, 4.69) is 6.92 Å². The maximum Gasteiger partial charge on any atom is 0.0724 e. The van der Waals surface area contributed by atoms with Crippen LogP contribution in [0.25, 0.3) is 0 Å². The largest absolute Gasteiger partial charge is 0.545 e. The highest BCUT2D eigenvalue weighted by Gasteiger charge is 2.14. The fraction of sp³-hybridized carbons (Fsp3) is 0.333. The Morgan fingerprint density at radius 2 is 1.09 bits per heavy atom. The Kier molecular flexibility index (Phi) is 10.6. The second kappa shape index (κ2) is 12.9. The molecule has 2 rings (SSSR count). The van der Waals surface area contributed by atoms with Crippen LogP contribution in [0.15, 0.2) is 36.4 Å². The maximum atomic E-state index is 11.3. The summed E-state index contributed by atoms with van der Waals surface area (Å²) in [7, 11) is 0. The molecule has 0 radical (unpaired) electrons. The van der Waals surface area contributed by atoms with Gasteiger partial charge in [0.15, 0.2) is 0 Å². The Labute approximate surface area is 186 Å². The highest BCUT2D eigenvalue weighted by molar-refractivity contribution is 6.01. The Hall–Kier alpha value is -3.68. The van der Waals surface area contributed by atoms with E-state index in [0.29, 0.717) is 12.0 Å². The van der Waals surface area contributed by atoms with E-state index in [-0.39, 0.29) is 22.3 Å². The number of aryl methyl sites for hydroxylation is 1. The zero-order valence-electron chi connectivity index (χ0n) is 18.0. The summed E-state index contributed by atoms with van der Waals surface area (Å²) in [6.45, 7) is 4.06. The van der Waals surface area contributed by atoms with Crippen LogP contribution in [0.1, 0.15) is 92.1 Å². The molecule has 8 nitrogen and oxygen atoms in total. The van der Waals surface area contributed by atoms with Crippen molar-refractivity contribution in [3.8, 4) is 0 Å². The Bertz CT molecular complexity index is 945. The molecule has 0 heterocycles. The van der Waals surface area contributed by atoms with E-state index in [1.165, 1.54) is 18.2 Å². The van der Waals surface area contributed by atoms with Crippen molar-refractivity contribution in [3.63, 3.8) is 0 Å². The number of carbonyl (C=O) groups is 4. The summed E-state index contributed by atoms with van der Waals surface area (Å²) in [6.07, 6.45) is 4.97. The first-order valence-electron chi connectivity index (χ1n) is 10.2. The molecule has 0 saturated carbocycles. The van der Waals surface area contributed by atoms with Gasteiger partial charge in [0.05, 0.1) is 23.9 Å². The van der Waals surface area contributed by atoms with Crippen molar-refractivity contribution >= 4 is 23.9 Å². The first-order valence-corrected chi connectivity index (χ1v) is 10.2. The first kappa shape index (κ1) is 26.4. The van der Waals surface area contributed by atoms with E-state index >= 15 is 0 Å². The van der Waals surface area contributed by atoms with E-state index in [1.54, 1.807) is 6.07 Å². The number of carboxylic acids is 4. The van der Waals surface area contributed by atoms with Gasteiger partial charge >= 0.3 is 0 Å². The summed E-state index contributed by atoms with van der Waals surface area (Å²) in [6, 6.07) is 8.16. The summed E-state index contributed by atoms with van der Waals surface area (Å²) < 4.78 is 0. The fourth-order valence-corrected chi connectivity index (χ4v) is 3.17. The zero-order chi connectivity index (χ0) is 24.3. The molecule has 0 amide bonds. The second-order valence-corrected chi connectivity index (χ2v) is 7.03. The SMILES string of the molecule is CCCCc1ccc(C(=O)[O-])c(C(=O)[O-])c1CCCC.O=C([O-])c1ccccc1C(=O)[O-]. The van der Waals surface area contributed by atoms with Crippen molar-refractivity contribution < 1.29 is 39.6 Å². The number of unbranched alkanes of at least 4 members (excludes halogenated alkanes) is 2. The van der Waals surface area contributed by atoms with E-state index < -0.39 is 23.9 Å². The van der Waals surface area contributed by atoms with Gasteiger partial charge in [-0.05, 0) is 36.8 Å². The number of rotatable bonds is 10. The highest BCUT2D eigenvalue weighted by Crippen LogP contribution is 2.23. The van der Waals surface area contributed by atoms with Crippen molar-refractivity contribution in [1.29, 1.82) is 0 Å². The molecule has 0 fully saturated rings. The van der Waals surface area contributed by atoms with Crippen LogP contribution >= 0.6 is 0 Å². The van der Waals surface area contributed by atoms with Crippen molar-refractivity contribution in [2.45, 2.75) is 52.4 Å². The smallest absolute Gasteiger partial charge is 0.0724 e. The molecule has 0 aliphatic carbocycles. The number of carbonyl (C=O) groups excluding carboxylic acids is 4. The molecule has 32 heavy (non-hydrogen) atoms. The normalized spacial score (nSPS) is 10.1. The van der Waals surface area contributed by atoms with Gasteiger partial charge in [0, 0.05) is 22.3 Å². The zero-order valence-corrected chi connectivity index (χ0v) is 18.0. The number of aromatic carboxylic acids is 4. The van der Waals surface area contributed by atoms with Gasteiger partial charge in [-0.3, -0.25) is 0 Å². The number of hydrogen-bond donors (Lipinski definition) is 0. The third-order valence-electron chi connectivity index (χ3n) is 4.78. The van der Waals surface area contributed by atoms with Gasteiger partial charge < -0.3 is 39.6 Å². The lowest BCUT2D eigenvalue weighted by Gasteiger charge is -2.20. The standard InChI is InChI=1S/C16H22O4.C8H6O4/c1-3-5-7-11-9-10-13(15(17)18)14(16(19)20)12(11)8-6-4-2;9-7(10)5-3-1-2-4-6(5)8(11)12/h9-10H,3-8H2,1-2H3,(H,17,18)(H,19,20);1-4H,(H,9,10)(H,11,12)/p-4. The topological polar surface area (TPSA) is 161 Å². The Morgan fingerprint density at radius 1 is 0.625 bits per heavy atom. The van der Waals surface area contributed by atoms with Crippen LogP contribution in [0.5, 0.6) is 0 Å². The summed E-state index contributed by atoms with van der Waals surface area (Å²) in [5.74, 6) is -5.94. The fourth-order valence-electron chi connectivity index (χ4n) is 3.17. The number of hydrogen-bond acceptors (Lipinski definition) is 8. The van der Waals surface area contributed by atoms with Crippen LogP contribution in [0.2, 0.25) is 0 Å². The van der Waals surface area contributed by atoms with Crippen molar-refractivity contribution in [1.82, 2.24) is 0 Å². The summed E-state index contributed by atoms with van der Waals surface area (Å²) in [5, 5.41) is 43.1. The van der Waals surface area contributed by atoms with Crippen LogP contribution in [0, 0.1) is 0 Å². The molecule has 0 aromatic heterocycles. The highest BCUT2D eigenvalue weighted by atomic mass is 16.4. The lowest BCUT2D eigenvalue weighted by molar-refractivity contribution is -0.259. The molecule has 0 atom stereocenters. The molecule has 0 N–H and O–H groups in total.